The first-order valence-electron chi connectivity index (χ1n) is 6.69. The summed E-state index contributed by atoms with van der Waals surface area (Å²) in [4.78, 5) is 6.96. The molecule has 2 heterocycles. The predicted octanol–water partition coefficient (Wildman–Crippen LogP) is 4.19. The highest BCUT2D eigenvalue weighted by atomic mass is 79.9. The second-order valence-electron chi connectivity index (χ2n) is 5.11. The fourth-order valence-corrected chi connectivity index (χ4v) is 2.91. The average molecular weight is 317 g/mol. The smallest absolute Gasteiger partial charge is 0.0605 e. The normalized spacial score (nSPS) is 18.2. The van der Waals surface area contributed by atoms with Crippen LogP contribution in [0.15, 0.2) is 47.1 Å². The van der Waals surface area contributed by atoms with E-state index in [4.69, 9.17) is 0 Å². The lowest BCUT2D eigenvalue weighted by Gasteiger charge is -2.37. The first-order chi connectivity index (χ1) is 9.24. The number of anilines is 1. The Morgan fingerprint density at radius 1 is 1.26 bits per heavy atom. The molecule has 1 unspecified atom stereocenters. The third kappa shape index (κ3) is 2.66. The molecule has 0 bridgehead atoms. The molecule has 2 nitrogen and oxygen atoms in total. The molecule has 0 N–H and O–H groups in total. The first-order valence-corrected chi connectivity index (χ1v) is 7.48. The number of nitrogens with zero attached hydrogens (tertiary/aromatic N) is 2. The number of aromatic nitrogens is 1. The molecule has 0 aliphatic carbocycles. The SMILES string of the molecule is CC1CCc2ccccc2N1Cc1ccc(Br)cn1. The Bertz CT molecular complexity index is 565. The van der Waals surface area contributed by atoms with Gasteiger partial charge in [-0.3, -0.25) is 4.98 Å². The van der Waals surface area contributed by atoms with Gasteiger partial charge >= 0.3 is 0 Å². The van der Waals surface area contributed by atoms with Crippen molar-refractivity contribution in [3.63, 3.8) is 0 Å². The third-order valence-electron chi connectivity index (χ3n) is 3.79. The topological polar surface area (TPSA) is 16.1 Å². The number of hydrogen-bond donors (Lipinski definition) is 0. The number of para-hydroxylation sites is 1. The molecular formula is C16H17BrN2. The van der Waals surface area contributed by atoms with Crippen LogP contribution in [0, 0.1) is 0 Å². The van der Waals surface area contributed by atoms with Gasteiger partial charge in [-0.25, -0.2) is 0 Å². The number of fused-ring (bicyclic) bond motifs is 1. The van der Waals surface area contributed by atoms with Crippen molar-refractivity contribution in [1.82, 2.24) is 4.98 Å². The van der Waals surface area contributed by atoms with Crippen LogP contribution < -0.4 is 4.90 Å². The quantitative estimate of drug-likeness (QED) is 0.826. The summed E-state index contributed by atoms with van der Waals surface area (Å²) in [5.74, 6) is 0. The Balaban J connectivity index is 1.89. The largest absolute Gasteiger partial charge is 0.363 e. The van der Waals surface area contributed by atoms with Gasteiger partial charge < -0.3 is 4.90 Å². The van der Waals surface area contributed by atoms with Crippen molar-refractivity contribution in [2.24, 2.45) is 0 Å². The molecule has 0 saturated carbocycles. The van der Waals surface area contributed by atoms with Crippen LogP contribution in [0.5, 0.6) is 0 Å². The Morgan fingerprint density at radius 2 is 2.11 bits per heavy atom. The van der Waals surface area contributed by atoms with Crippen molar-refractivity contribution in [2.45, 2.75) is 32.4 Å². The summed E-state index contributed by atoms with van der Waals surface area (Å²) in [6.45, 7) is 3.18. The van der Waals surface area contributed by atoms with Gasteiger partial charge in [0.15, 0.2) is 0 Å². The molecule has 1 aliphatic heterocycles. The van der Waals surface area contributed by atoms with Crippen molar-refractivity contribution >= 4 is 21.6 Å². The second-order valence-corrected chi connectivity index (χ2v) is 6.03. The van der Waals surface area contributed by atoms with E-state index in [1.165, 1.54) is 24.1 Å². The minimum atomic E-state index is 0.570. The predicted molar refractivity (Wildman–Crippen MR) is 82.3 cm³/mol. The Morgan fingerprint density at radius 3 is 2.89 bits per heavy atom. The van der Waals surface area contributed by atoms with Gasteiger partial charge in [0.05, 0.1) is 12.2 Å². The number of aryl methyl sites for hydroxylation is 1. The highest BCUT2D eigenvalue weighted by Crippen LogP contribution is 2.31. The van der Waals surface area contributed by atoms with E-state index < -0.39 is 0 Å². The van der Waals surface area contributed by atoms with Gasteiger partial charge in [-0.15, -0.1) is 0 Å². The van der Waals surface area contributed by atoms with E-state index in [0.29, 0.717) is 6.04 Å². The summed E-state index contributed by atoms with van der Waals surface area (Å²) in [7, 11) is 0. The van der Waals surface area contributed by atoms with E-state index in [0.717, 1.165) is 16.7 Å². The van der Waals surface area contributed by atoms with Crippen LogP contribution in [0.25, 0.3) is 0 Å². The van der Waals surface area contributed by atoms with Gasteiger partial charge in [-0.05, 0) is 59.5 Å². The fraction of sp³-hybridized carbons (Fsp3) is 0.312. The summed E-state index contributed by atoms with van der Waals surface area (Å²) < 4.78 is 1.03. The fourth-order valence-electron chi connectivity index (χ4n) is 2.68. The van der Waals surface area contributed by atoms with Crippen LogP contribution in [0.4, 0.5) is 5.69 Å². The van der Waals surface area contributed by atoms with Gasteiger partial charge in [-0.1, -0.05) is 18.2 Å². The molecule has 19 heavy (non-hydrogen) atoms. The molecule has 1 atom stereocenters. The average Bonchev–Trinajstić information content (AvgIpc) is 2.44. The van der Waals surface area contributed by atoms with Crippen molar-refractivity contribution in [3.05, 3.63) is 58.3 Å². The molecule has 0 radical (unpaired) electrons. The number of hydrogen-bond acceptors (Lipinski definition) is 2. The first kappa shape index (κ1) is 12.7. The van der Waals surface area contributed by atoms with Crippen molar-refractivity contribution in [2.75, 3.05) is 4.90 Å². The van der Waals surface area contributed by atoms with E-state index in [-0.39, 0.29) is 0 Å². The number of halogens is 1. The maximum absolute atomic E-state index is 4.49. The van der Waals surface area contributed by atoms with E-state index in [9.17, 15) is 0 Å². The van der Waals surface area contributed by atoms with Gasteiger partial charge in [0, 0.05) is 22.4 Å². The summed E-state index contributed by atoms with van der Waals surface area (Å²) in [6, 6.07) is 13.4. The lowest BCUT2D eigenvalue weighted by atomic mass is 9.96. The van der Waals surface area contributed by atoms with Gasteiger partial charge in [-0.2, -0.15) is 0 Å². The van der Waals surface area contributed by atoms with Crippen molar-refractivity contribution < 1.29 is 0 Å². The van der Waals surface area contributed by atoms with Gasteiger partial charge in [0.1, 0.15) is 0 Å². The molecule has 0 spiro atoms. The number of pyridine rings is 1. The van der Waals surface area contributed by atoms with Crippen molar-refractivity contribution in [1.29, 1.82) is 0 Å². The van der Waals surface area contributed by atoms with Gasteiger partial charge in [0.25, 0.3) is 0 Å². The molecule has 0 fully saturated rings. The monoisotopic (exact) mass is 316 g/mol. The highest BCUT2D eigenvalue weighted by Gasteiger charge is 2.22. The molecule has 3 heteroatoms. The zero-order valence-electron chi connectivity index (χ0n) is 11.0. The van der Waals surface area contributed by atoms with Gasteiger partial charge in [0.2, 0.25) is 0 Å². The number of rotatable bonds is 2. The zero-order chi connectivity index (χ0) is 13.2. The second kappa shape index (κ2) is 5.33. The molecular weight excluding hydrogens is 300 g/mol. The van der Waals surface area contributed by atoms with E-state index in [1.807, 2.05) is 6.20 Å². The molecule has 1 aromatic heterocycles. The van der Waals surface area contributed by atoms with Crippen LogP contribution in [0.1, 0.15) is 24.6 Å². The molecule has 1 aromatic carbocycles. The zero-order valence-corrected chi connectivity index (χ0v) is 12.6. The van der Waals surface area contributed by atoms with Crippen LogP contribution in [0.2, 0.25) is 0 Å². The van der Waals surface area contributed by atoms with Crippen LogP contribution >= 0.6 is 15.9 Å². The standard InChI is InChI=1S/C16H17BrN2/c1-12-6-7-13-4-2-3-5-16(13)19(12)11-15-9-8-14(17)10-18-15/h2-5,8-10,12H,6-7,11H2,1H3. The summed E-state index contributed by atoms with van der Waals surface area (Å²) in [5, 5.41) is 0. The summed E-state index contributed by atoms with van der Waals surface area (Å²) in [6.07, 6.45) is 4.27. The van der Waals surface area contributed by atoms with E-state index in [2.05, 4.69) is 69.1 Å². The Kier molecular flexibility index (Phi) is 3.56. The molecule has 0 amide bonds. The Hall–Kier alpha value is -1.35. The molecule has 3 rings (SSSR count). The van der Waals surface area contributed by atoms with Crippen LogP contribution in [0.3, 0.4) is 0 Å². The maximum atomic E-state index is 4.49. The summed E-state index contributed by atoms with van der Waals surface area (Å²) >= 11 is 3.43. The summed E-state index contributed by atoms with van der Waals surface area (Å²) in [5.41, 5.74) is 3.94. The Labute approximate surface area is 122 Å². The third-order valence-corrected chi connectivity index (χ3v) is 4.25. The van der Waals surface area contributed by atoms with Crippen LogP contribution in [-0.2, 0) is 13.0 Å². The molecule has 0 saturated heterocycles. The molecule has 98 valence electrons. The van der Waals surface area contributed by atoms with Crippen LogP contribution in [-0.4, -0.2) is 11.0 Å². The lowest BCUT2D eigenvalue weighted by molar-refractivity contribution is 0.556. The maximum Gasteiger partial charge on any atom is 0.0605 e. The number of benzene rings is 1. The van der Waals surface area contributed by atoms with E-state index in [1.54, 1.807) is 0 Å². The minimum Gasteiger partial charge on any atom is -0.363 e. The van der Waals surface area contributed by atoms with E-state index >= 15 is 0 Å². The molecule has 1 aliphatic rings. The highest BCUT2D eigenvalue weighted by molar-refractivity contribution is 9.10. The van der Waals surface area contributed by atoms with Crippen molar-refractivity contribution in [3.8, 4) is 0 Å². The molecule has 2 aromatic rings. The minimum absolute atomic E-state index is 0.570. The lowest BCUT2D eigenvalue weighted by Crippen LogP contribution is -2.36.